The molecule has 0 spiro atoms. The first kappa shape index (κ1) is 36.6. The van der Waals surface area contributed by atoms with Crippen molar-refractivity contribution in [3.05, 3.63) is 101 Å². The highest BCUT2D eigenvalue weighted by Gasteiger charge is 2.40. The number of amides is 1. The summed E-state index contributed by atoms with van der Waals surface area (Å²) in [6, 6.07) is 23.7. The summed E-state index contributed by atoms with van der Waals surface area (Å²) in [7, 11) is -1.82. The molecule has 45 heavy (non-hydrogen) atoms. The van der Waals surface area contributed by atoms with Gasteiger partial charge in [-0.05, 0) is 87.6 Å². The van der Waals surface area contributed by atoms with Crippen LogP contribution in [0.25, 0.3) is 0 Å². The van der Waals surface area contributed by atoms with E-state index in [2.05, 4.69) is 5.32 Å². The molecule has 3 aromatic carbocycles. The Morgan fingerprint density at radius 3 is 2.31 bits per heavy atom. The van der Waals surface area contributed by atoms with E-state index >= 15 is 0 Å². The number of nitrogens with one attached hydrogen (secondary N) is 1. The van der Waals surface area contributed by atoms with Gasteiger partial charge in [0.2, 0.25) is 0 Å². The molecule has 244 valence electrons. The van der Waals surface area contributed by atoms with Crippen LogP contribution < -0.4 is 10.1 Å². The Hall–Kier alpha value is -2.82. The molecule has 0 heterocycles. The molecular formula is C33H41ClNO8PS. The summed E-state index contributed by atoms with van der Waals surface area (Å²) >= 11 is 8.26. The van der Waals surface area contributed by atoms with Gasteiger partial charge in [0.05, 0.1) is 0 Å². The van der Waals surface area contributed by atoms with Crippen LogP contribution in [0.2, 0.25) is 5.02 Å². The molecule has 3 rings (SSSR count). The van der Waals surface area contributed by atoms with Crippen LogP contribution in [0.5, 0.6) is 5.75 Å². The van der Waals surface area contributed by atoms with Gasteiger partial charge in [0, 0.05) is 34.9 Å². The van der Waals surface area contributed by atoms with Gasteiger partial charge in [0.1, 0.15) is 23.5 Å². The van der Waals surface area contributed by atoms with E-state index in [1.807, 2.05) is 72.8 Å². The molecule has 3 N–H and O–H groups in total. The molecule has 9 nitrogen and oxygen atoms in total. The fraction of sp³-hybridized carbons (Fsp3) is 0.364. The van der Waals surface area contributed by atoms with Crippen molar-refractivity contribution >= 4 is 37.1 Å². The lowest BCUT2D eigenvalue weighted by Gasteiger charge is -2.38. The van der Waals surface area contributed by atoms with Crippen molar-refractivity contribution in [1.29, 1.82) is 0 Å². The predicted molar refractivity (Wildman–Crippen MR) is 177 cm³/mol. The van der Waals surface area contributed by atoms with E-state index in [0.29, 0.717) is 24.5 Å². The fourth-order valence-corrected chi connectivity index (χ4v) is 6.26. The molecule has 12 heteroatoms. The Kier molecular flexibility index (Phi) is 13.6. The molecule has 0 saturated carbocycles. The number of benzene rings is 3. The second kappa shape index (κ2) is 16.7. The lowest BCUT2D eigenvalue weighted by atomic mass is 9.90. The van der Waals surface area contributed by atoms with Gasteiger partial charge < -0.3 is 34.1 Å². The number of ether oxygens (including phenoxy) is 4. The van der Waals surface area contributed by atoms with Crippen LogP contribution in [0.3, 0.4) is 0 Å². The van der Waals surface area contributed by atoms with E-state index in [1.54, 1.807) is 32.5 Å². The molecule has 3 aromatic rings. The Labute approximate surface area is 274 Å². The predicted octanol–water partition coefficient (Wildman–Crippen LogP) is 7.97. The van der Waals surface area contributed by atoms with Crippen LogP contribution >= 0.6 is 31.0 Å². The minimum absolute atomic E-state index is 0.192. The Morgan fingerprint density at radius 1 is 1.00 bits per heavy atom. The molecule has 0 fully saturated rings. The van der Waals surface area contributed by atoms with Crippen molar-refractivity contribution in [3.8, 4) is 5.75 Å². The summed E-state index contributed by atoms with van der Waals surface area (Å²) in [5.41, 5.74) is -0.295. The van der Waals surface area contributed by atoms with Crippen molar-refractivity contribution in [1.82, 2.24) is 5.32 Å². The third-order valence-electron chi connectivity index (χ3n) is 6.50. The summed E-state index contributed by atoms with van der Waals surface area (Å²) in [5.74, 6) is 1.50. The molecule has 0 aromatic heterocycles. The van der Waals surface area contributed by atoms with Gasteiger partial charge >= 0.3 is 13.7 Å². The number of hydrogen-bond donors (Lipinski definition) is 3. The third-order valence-corrected chi connectivity index (χ3v) is 8.37. The molecular weight excluding hydrogens is 637 g/mol. The SMILES string of the molecule is COC(OC)C(C=CP(=O)(O)O)(CCCc1ccc(Sc2cccc(OCc3ccccc3)c2)cc1Cl)NC(=O)OC(C)(C)C. The Bertz CT molecular complexity index is 1470. The zero-order valence-corrected chi connectivity index (χ0v) is 28.5. The largest absolute Gasteiger partial charge is 0.489 e. The minimum atomic E-state index is -4.58. The van der Waals surface area contributed by atoms with Gasteiger partial charge in [-0.2, -0.15) is 0 Å². The number of rotatable bonds is 15. The van der Waals surface area contributed by atoms with Crippen molar-refractivity contribution in [2.75, 3.05) is 14.2 Å². The second-order valence-corrected chi connectivity index (χ2v) is 14.4. The number of alkyl carbamates (subject to hydrolysis) is 1. The third kappa shape index (κ3) is 12.5. The van der Waals surface area contributed by atoms with Crippen molar-refractivity contribution in [2.24, 2.45) is 0 Å². The van der Waals surface area contributed by atoms with Gasteiger partial charge in [0.15, 0.2) is 6.29 Å². The van der Waals surface area contributed by atoms with Crippen LogP contribution in [-0.4, -0.2) is 47.5 Å². The zero-order valence-electron chi connectivity index (χ0n) is 26.1. The highest BCUT2D eigenvalue weighted by Crippen LogP contribution is 2.39. The van der Waals surface area contributed by atoms with Gasteiger partial charge in [-0.15, -0.1) is 0 Å². The van der Waals surface area contributed by atoms with E-state index in [4.69, 9.17) is 30.5 Å². The molecule has 1 atom stereocenters. The molecule has 1 unspecified atom stereocenters. The summed E-state index contributed by atoms with van der Waals surface area (Å²) in [4.78, 5) is 33.9. The van der Waals surface area contributed by atoms with Crippen LogP contribution in [-0.2, 0) is 31.8 Å². The smallest absolute Gasteiger partial charge is 0.408 e. The van der Waals surface area contributed by atoms with Gasteiger partial charge in [-0.1, -0.05) is 65.8 Å². The number of carbonyl (C=O) groups is 1. The van der Waals surface area contributed by atoms with Crippen LogP contribution in [0.1, 0.15) is 44.7 Å². The van der Waals surface area contributed by atoms with E-state index in [9.17, 15) is 19.1 Å². The summed E-state index contributed by atoms with van der Waals surface area (Å²) in [6.07, 6.45) is 0.512. The highest BCUT2D eigenvalue weighted by molar-refractivity contribution is 7.99. The van der Waals surface area contributed by atoms with Gasteiger partial charge in [-0.25, -0.2) is 4.79 Å². The molecule has 0 aliphatic heterocycles. The van der Waals surface area contributed by atoms with Crippen molar-refractivity contribution in [3.63, 3.8) is 0 Å². The highest BCUT2D eigenvalue weighted by atomic mass is 35.5. The van der Waals surface area contributed by atoms with Crippen LogP contribution in [0.15, 0.2) is 94.5 Å². The zero-order chi connectivity index (χ0) is 33.1. The van der Waals surface area contributed by atoms with E-state index in [-0.39, 0.29) is 6.42 Å². The Balaban J connectivity index is 1.72. The maximum absolute atomic E-state index is 12.8. The molecule has 0 aliphatic rings. The monoisotopic (exact) mass is 677 g/mol. The van der Waals surface area contributed by atoms with Gasteiger partial charge in [0.25, 0.3) is 0 Å². The van der Waals surface area contributed by atoms with Gasteiger partial charge in [-0.3, -0.25) is 4.57 Å². The number of halogens is 1. The Morgan fingerprint density at radius 2 is 1.69 bits per heavy atom. The van der Waals surface area contributed by atoms with E-state index in [0.717, 1.165) is 32.5 Å². The number of hydrogen-bond acceptors (Lipinski definition) is 7. The maximum Gasteiger partial charge on any atom is 0.408 e. The number of methoxy groups -OCH3 is 2. The van der Waals surface area contributed by atoms with E-state index in [1.165, 1.54) is 20.3 Å². The first-order valence-corrected chi connectivity index (χ1v) is 17.1. The minimum Gasteiger partial charge on any atom is -0.489 e. The topological polar surface area (TPSA) is 124 Å². The lowest BCUT2D eigenvalue weighted by Crippen LogP contribution is -2.57. The molecule has 0 aliphatic carbocycles. The molecule has 0 bridgehead atoms. The lowest BCUT2D eigenvalue weighted by molar-refractivity contribution is -0.144. The fourth-order valence-electron chi connectivity index (χ4n) is 4.55. The van der Waals surface area contributed by atoms with E-state index < -0.39 is 31.1 Å². The van der Waals surface area contributed by atoms with Crippen LogP contribution in [0, 0.1) is 0 Å². The van der Waals surface area contributed by atoms with Crippen molar-refractivity contribution in [2.45, 2.75) is 73.9 Å². The second-order valence-electron chi connectivity index (χ2n) is 11.3. The maximum atomic E-state index is 12.8. The summed E-state index contributed by atoms with van der Waals surface area (Å²) in [5, 5.41) is 3.31. The quantitative estimate of drug-likeness (QED) is 0.109. The average Bonchev–Trinajstić information content (AvgIpc) is 2.96. The number of aryl methyl sites for hydroxylation is 1. The first-order chi connectivity index (χ1) is 21.2. The molecule has 0 radical (unpaired) electrons. The molecule has 1 amide bonds. The molecule has 0 saturated heterocycles. The number of carbonyl (C=O) groups excluding carboxylic acids is 1. The first-order valence-electron chi connectivity index (χ1n) is 14.3. The summed E-state index contributed by atoms with van der Waals surface area (Å²) in [6.45, 7) is 5.62. The average molecular weight is 678 g/mol. The standard InChI is InChI=1S/C33H41ClNO8PS/c1-32(2,3)43-31(36)35-33(30(40-4)41-5,19-20-44(37,38)39)18-10-13-25-16-17-28(22-29(25)34)45-27-15-9-14-26(21-27)42-23-24-11-7-6-8-12-24/h6-9,11-12,14-17,19-22,30H,10,13,18,23H2,1-5H3,(H,35,36)(H2,37,38,39). The van der Waals surface area contributed by atoms with Crippen molar-refractivity contribution < 1.29 is 38.1 Å². The normalized spacial score (nSPS) is 13.5. The summed E-state index contributed by atoms with van der Waals surface area (Å²) < 4.78 is 34.1. The van der Waals surface area contributed by atoms with Crippen LogP contribution in [0.4, 0.5) is 4.79 Å².